The topological polar surface area (TPSA) is 63.3 Å². The Balaban J connectivity index is 1.81. The second kappa shape index (κ2) is 5.74. The van der Waals surface area contributed by atoms with Gasteiger partial charge < -0.3 is 10.8 Å². The van der Waals surface area contributed by atoms with E-state index in [1.165, 1.54) is 12.1 Å². The van der Waals surface area contributed by atoms with Gasteiger partial charge in [0.25, 0.3) is 6.43 Å². The number of alkyl halides is 2. The fraction of sp³-hybridized carbons (Fsp3) is 0.278. The van der Waals surface area contributed by atoms with Crippen molar-refractivity contribution in [2.75, 3.05) is 0 Å². The quantitative estimate of drug-likeness (QED) is 0.889. The van der Waals surface area contributed by atoms with E-state index in [1.807, 2.05) is 24.3 Å². The van der Waals surface area contributed by atoms with Crippen molar-refractivity contribution in [3.63, 3.8) is 0 Å². The Morgan fingerprint density at radius 1 is 1.00 bits per heavy atom. The molecule has 0 unspecified atom stereocenters. The molecule has 0 spiro atoms. The van der Waals surface area contributed by atoms with Gasteiger partial charge in [-0.15, -0.1) is 0 Å². The van der Waals surface area contributed by atoms with Crippen molar-refractivity contribution in [1.29, 1.82) is 0 Å². The number of aliphatic hydroxyl groups is 1. The number of nitrogens with two attached hydrogens (primary N) is 1. The van der Waals surface area contributed by atoms with Crippen LogP contribution in [0.15, 0.2) is 48.5 Å². The number of hydrogen-bond donors (Lipinski definition) is 2. The van der Waals surface area contributed by atoms with Crippen molar-refractivity contribution in [3.05, 3.63) is 59.7 Å². The highest BCUT2D eigenvalue weighted by Crippen LogP contribution is 2.48. The summed E-state index contributed by atoms with van der Waals surface area (Å²) in [6.45, 7) is 0. The third-order valence-corrected chi connectivity index (χ3v) is 4.48. The number of carbonyl (C=O) groups excluding carboxylic acids is 1. The first-order valence-electron chi connectivity index (χ1n) is 7.41. The van der Waals surface area contributed by atoms with Gasteiger partial charge in [0, 0.05) is 0 Å². The average molecular weight is 317 g/mol. The lowest BCUT2D eigenvalue weighted by Crippen LogP contribution is -2.28. The molecule has 0 bridgehead atoms. The van der Waals surface area contributed by atoms with Crippen LogP contribution in [0.2, 0.25) is 0 Å². The van der Waals surface area contributed by atoms with Gasteiger partial charge in [0.05, 0.1) is 5.41 Å². The second-order valence-corrected chi connectivity index (χ2v) is 5.93. The van der Waals surface area contributed by atoms with Crippen molar-refractivity contribution in [3.8, 4) is 11.1 Å². The minimum Gasteiger partial charge on any atom is -0.382 e. The van der Waals surface area contributed by atoms with Crippen LogP contribution in [-0.2, 0) is 10.2 Å². The smallest absolute Gasteiger partial charge is 0.268 e. The zero-order valence-corrected chi connectivity index (χ0v) is 12.4. The number of aliphatic hydroxyl groups excluding tert-OH is 1. The average Bonchev–Trinajstić information content (AvgIpc) is 3.36. The molecule has 3 nitrogen and oxygen atoms in total. The van der Waals surface area contributed by atoms with Gasteiger partial charge in [-0.1, -0.05) is 48.5 Å². The lowest BCUT2D eigenvalue weighted by Gasteiger charge is -2.13. The van der Waals surface area contributed by atoms with E-state index in [1.54, 1.807) is 12.1 Å². The molecule has 1 amide bonds. The highest BCUT2D eigenvalue weighted by molar-refractivity contribution is 5.90. The summed E-state index contributed by atoms with van der Waals surface area (Å²) in [6.07, 6.45) is -3.01. The number of rotatable bonds is 5. The summed E-state index contributed by atoms with van der Waals surface area (Å²) in [5.41, 5.74) is 7.81. The van der Waals surface area contributed by atoms with E-state index in [9.17, 15) is 18.7 Å². The summed E-state index contributed by atoms with van der Waals surface area (Å²) in [4.78, 5) is 11.5. The van der Waals surface area contributed by atoms with Crippen molar-refractivity contribution in [2.24, 2.45) is 5.73 Å². The molecule has 1 fully saturated rings. The molecule has 120 valence electrons. The third kappa shape index (κ3) is 2.84. The number of carbonyl (C=O) groups is 1. The molecule has 1 saturated carbocycles. The van der Waals surface area contributed by atoms with Crippen LogP contribution in [0.4, 0.5) is 8.78 Å². The fourth-order valence-corrected chi connectivity index (χ4v) is 2.80. The molecule has 2 aromatic carbocycles. The van der Waals surface area contributed by atoms with Gasteiger partial charge in [-0.25, -0.2) is 8.78 Å². The van der Waals surface area contributed by atoms with Crippen molar-refractivity contribution in [2.45, 2.75) is 30.8 Å². The Labute approximate surface area is 132 Å². The summed E-state index contributed by atoms with van der Waals surface area (Å²) < 4.78 is 25.0. The fourth-order valence-electron chi connectivity index (χ4n) is 2.80. The molecule has 5 heteroatoms. The first-order chi connectivity index (χ1) is 10.9. The minimum atomic E-state index is -2.80. The Morgan fingerprint density at radius 2 is 1.48 bits per heavy atom. The zero-order chi connectivity index (χ0) is 16.6. The lowest BCUT2D eigenvalue weighted by molar-refractivity contribution is -0.120. The maximum atomic E-state index is 12.5. The number of halogens is 2. The molecular weight excluding hydrogens is 300 g/mol. The van der Waals surface area contributed by atoms with Crippen LogP contribution in [0.5, 0.6) is 0 Å². The SMILES string of the molecule is NC(=O)C1(c2ccc(-c3ccc([C@@H](O)C(F)F)cc3)cc2)CC1. The number of hydrogen-bond acceptors (Lipinski definition) is 2. The lowest BCUT2D eigenvalue weighted by atomic mass is 9.93. The summed E-state index contributed by atoms with van der Waals surface area (Å²) in [6, 6.07) is 13.9. The normalized spacial score (nSPS) is 17.0. The Hall–Kier alpha value is -2.27. The first-order valence-corrected chi connectivity index (χ1v) is 7.41. The van der Waals surface area contributed by atoms with E-state index in [4.69, 9.17) is 5.73 Å². The molecule has 0 aromatic heterocycles. The standard InChI is InChI=1S/C18H17F2NO2/c19-16(20)15(22)13-3-1-11(2-4-13)12-5-7-14(8-6-12)18(9-10-18)17(21)23/h1-8,15-16,22H,9-10H2,(H2,21,23)/t15-/m1/s1. The van der Waals surface area contributed by atoms with E-state index < -0.39 is 17.9 Å². The monoisotopic (exact) mass is 317 g/mol. The molecule has 1 aliphatic carbocycles. The van der Waals surface area contributed by atoms with E-state index in [-0.39, 0.29) is 11.5 Å². The molecule has 3 rings (SSSR count). The largest absolute Gasteiger partial charge is 0.382 e. The van der Waals surface area contributed by atoms with E-state index in [0.29, 0.717) is 0 Å². The molecule has 0 aliphatic heterocycles. The molecule has 1 aliphatic rings. The van der Waals surface area contributed by atoms with Crippen LogP contribution in [0.1, 0.15) is 30.1 Å². The van der Waals surface area contributed by atoms with Crippen molar-refractivity contribution >= 4 is 5.91 Å². The van der Waals surface area contributed by atoms with E-state index in [0.717, 1.165) is 29.5 Å². The van der Waals surface area contributed by atoms with Crippen molar-refractivity contribution in [1.82, 2.24) is 0 Å². The van der Waals surface area contributed by atoms with Crippen LogP contribution < -0.4 is 5.73 Å². The predicted octanol–water partition coefficient (Wildman–Crippen LogP) is 3.17. The van der Waals surface area contributed by atoms with Gasteiger partial charge in [0.1, 0.15) is 6.10 Å². The van der Waals surface area contributed by atoms with E-state index in [2.05, 4.69) is 0 Å². The predicted molar refractivity (Wildman–Crippen MR) is 82.9 cm³/mol. The summed E-state index contributed by atoms with van der Waals surface area (Å²) in [7, 11) is 0. The summed E-state index contributed by atoms with van der Waals surface area (Å²) in [5, 5.41) is 9.35. The highest BCUT2D eigenvalue weighted by atomic mass is 19.3. The Morgan fingerprint density at radius 3 is 1.87 bits per heavy atom. The maximum absolute atomic E-state index is 12.5. The molecule has 3 N–H and O–H groups in total. The van der Waals surface area contributed by atoms with Crippen LogP contribution in [0, 0.1) is 0 Å². The van der Waals surface area contributed by atoms with Crippen LogP contribution >= 0.6 is 0 Å². The molecule has 1 atom stereocenters. The number of benzene rings is 2. The van der Waals surface area contributed by atoms with Gasteiger partial charge in [0.15, 0.2) is 0 Å². The summed E-state index contributed by atoms with van der Waals surface area (Å²) in [5.74, 6) is -0.296. The second-order valence-electron chi connectivity index (χ2n) is 5.93. The van der Waals surface area contributed by atoms with Crippen LogP contribution in [0.3, 0.4) is 0 Å². The minimum absolute atomic E-state index is 0.186. The molecule has 0 saturated heterocycles. The van der Waals surface area contributed by atoms with Crippen molar-refractivity contribution < 1.29 is 18.7 Å². The molecule has 23 heavy (non-hydrogen) atoms. The number of primary amides is 1. The summed E-state index contributed by atoms with van der Waals surface area (Å²) >= 11 is 0. The zero-order valence-electron chi connectivity index (χ0n) is 12.4. The molecule has 0 heterocycles. The molecule has 0 radical (unpaired) electrons. The van der Waals surface area contributed by atoms with Gasteiger partial charge in [0.2, 0.25) is 5.91 Å². The number of amides is 1. The van der Waals surface area contributed by atoms with Crippen LogP contribution in [-0.4, -0.2) is 17.4 Å². The highest BCUT2D eigenvalue weighted by Gasteiger charge is 2.49. The van der Waals surface area contributed by atoms with Crippen LogP contribution in [0.25, 0.3) is 11.1 Å². The van der Waals surface area contributed by atoms with Gasteiger partial charge in [-0.3, -0.25) is 4.79 Å². The van der Waals surface area contributed by atoms with Gasteiger partial charge in [-0.2, -0.15) is 0 Å². The van der Waals surface area contributed by atoms with E-state index >= 15 is 0 Å². The molecule has 2 aromatic rings. The third-order valence-electron chi connectivity index (χ3n) is 4.48. The van der Waals surface area contributed by atoms with Gasteiger partial charge in [-0.05, 0) is 35.1 Å². The Kier molecular flexibility index (Phi) is 3.90. The van der Waals surface area contributed by atoms with Gasteiger partial charge >= 0.3 is 0 Å². The first kappa shape index (κ1) is 15.6. The molecular formula is C18H17F2NO2. The Bertz CT molecular complexity index is 707. The maximum Gasteiger partial charge on any atom is 0.268 e.